The number of nitrogens with two attached hydrogens (primary N) is 1. The number of hydrogen-bond donors (Lipinski definition) is 1. The Morgan fingerprint density at radius 2 is 1.71 bits per heavy atom. The molecule has 0 aromatic rings. The molecule has 2 N–H and O–H groups in total. The molecule has 2 saturated heterocycles. The molecule has 17 heavy (non-hydrogen) atoms. The van der Waals surface area contributed by atoms with Gasteiger partial charge in [0.2, 0.25) is 0 Å². The second kappa shape index (κ2) is 3.69. The Bertz CT molecular complexity index is 303. The van der Waals surface area contributed by atoms with E-state index in [0.29, 0.717) is 12.0 Å². The van der Waals surface area contributed by atoms with Crippen molar-refractivity contribution in [3.05, 3.63) is 0 Å². The smallest absolute Gasteiger partial charge is 0.0789 e. The van der Waals surface area contributed by atoms with E-state index in [-0.39, 0.29) is 16.7 Å². The Hall–Kier alpha value is -0.120. The van der Waals surface area contributed by atoms with E-state index >= 15 is 0 Å². The average Bonchev–Trinajstić information content (AvgIpc) is 2.28. The maximum atomic E-state index is 6.38. The van der Waals surface area contributed by atoms with Crippen molar-refractivity contribution in [1.82, 2.24) is 4.90 Å². The minimum atomic E-state index is -0.0538. The third-order valence-corrected chi connectivity index (χ3v) is 4.61. The molecule has 0 aromatic carbocycles. The zero-order valence-electron chi connectivity index (χ0n) is 12.2. The minimum absolute atomic E-state index is 0.00114. The van der Waals surface area contributed by atoms with Gasteiger partial charge < -0.3 is 10.5 Å². The fourth-order valence-electron chi connectivity index (χ4n) is 3.40. The molecule has 0 spiro atoms. The van der Waals surface area contributed by atoms with E-state index in [2.05, 4.69) is 46.4 Å². The fraction of sp³-hybridized carbons (Fsp3) is 1.00. The van der Waals surface area contributed by atoms with Gasteiger partial charge in [0.15, 0.2) is 0 Å². The van der Waals surface area contributed by atoms with Gasteiger partial charge in [-0.3, -0.25) is 4.90 Å². The largest absolute Gasteiger partial charge is 0.368 e. The number of rotatable bonds is 2. The van der Waals surface area contributed by atoms with E-state index in [9.17, 15) is 0 Å². The van der Waals surface area contributed by atoms with Gasteiger partial charge in [-0.1, -0.05) is 13.8 Å². The summed E-state index contributed by atoms with van der Waals surface area (Å²) in [5, 5.41) is 0. The molecular weight excluding hydrogens is 212 g/mol. The lowest BCUT2D eigenvalue weighted by Crippen LogP contribution is -2.73. The van der Waals surface area contributed by atoms with Crippen molar-refractivity contribution in [2.24, 2.45) is 11.7 Å². The van der Waals surface area contributed by atoms with Crippen molar-refractivity contribution >= 4 is 0 Å². The molecule has 1 atom stereocenters. The highest BCUT2D eigenvalue weighted by Crippen LogP contribution is 2.43. The Morgan fingerprint density at radius 3 is 2.06 bits per heavy atom. The van der Waals surface area contributed by atoms with Gasteiger partial charge in [0.05, 0.1) is 11.2 Å². The summed E-state index contributed by atoms with van der Waals surface area (Å²) in [6.45, 7) is 15.3. The molecule has 0 amide bonds. The molecule has 0 aliphatic carbocycles. The van der Waals surface area contributed by atoms with E-state index in [0.717, 1.165) is 19.5 Å². The highest BCUT2D eigenvalue weighted by Gasteiger charge is 2.54. The summed E-state index contributed by atoms with van der Waals surface area (Å²) in [7, 11) is 0. The van der Waals surface area contributed by atoms with Crippen LogP contribution < -0.4 is 5.73 Å². The van der Waals surface area contributed by atoms with Crippen LogP contribution in [0.5, 0.6) is 0 Å². The average molecular weight is 240 g/mol. The first-order valence-electron chi connectivity index (χ1n) is 6.79. The standard InChI is InChI=1S/C14H28N2O/c1-10(2)14(15)8-16(9-14)11-7-12(3,4)17-13(11,5)6/h10-11H,7-9,15H2,1-6H3. The number of likely N-dealkylation sites (tertiary alicyclic amines) is 1. The van der Waals surface area contributed by atoms with E-state index < -0.39 is 0 Å². The Morgan fingerprint density at radius 1 is 1.18 bits per heavy atom. The maximum absolute atomic E-state index is 6.38. The number of hydrogen-bond acceptors (Lipinski definition) is 3. The summed E-state index contributed by atoms with van der Waals surface area (Å²) in [6.07, 6.45) is 1.11. The van der Waals surface area contributed by atoms with Crippen molar-refractivity contribution < 1.29 is 4.74 Å². The Labute approximate surface area is 106 Å². The predicted molar refractivity (Wildman–Crippen MR) is 71.0 cm³/mol. The molecule has 2 heterocycles. The first-order valence-corrected chi connectivity index (χ1v) is 6.79. The molecule has 2 fully saturated rings. The van der Waals surface area contributed by atoms with Gasteiger partial charge in [-0.25, -0.2) is 0 Å². The third kappa shape index (κ3) is 2.25. The van der Waals surface area contributed by atoms with Crippen molar-refractivity contribution in [3.8, 4) is 0 Å². The molecular formula is C14H28N2O. The molecule has 2 aliphatic rings. The van der Waals surface area contributed by atoms with Gasteiger partial charge in [0.25, 0.3) is 0 Å². The van der Waals surface area contributed by atoms with Gasteiger partial charge >= 0.3 is 0 Å². The molecule has 3 heteroatoms. The van der Waals surface area contributed by atoms with Gasteiger partial charge in [-0.2, -0.15) is 0 Å². The first kappa shape index (κ1) is 13.3. The van der Waals surface area contributed by atoms with E-state index in [1.54, 1.807) is 0 Å². The lowest BCUT2D eigenvalue weighted by molar-refractivity contribution is -0.0980. The maximum Gasteiger partial charge on any atom is 0.0789 e. The molecule has 0 radical (unpaired) electrons. The van der Waals surface area contributed by atoms with E-state index in [4.69, 9.17) is 10.5 Å². The van der Waals surface area contributed by atoms with Crippen LogP contribution in [0.2, 0.25) is 0 Å². The summed E-state index contributed by atoms with van der Waals surface area (Å²) in [4.78, 5) is 2.51. The highest BCUT2D eigenvalue weighted by atomic mass is 16.5. The second-order valence-corrected chi connectivity index (χ2v) is 7.48. The van der Waals surface area contributed by atoms with Crippen molar-refractivity contribution in [2.45, 2.75) is 70.7 Å². The van der Waals surface area contributed by atoms with E-state index in [1.165, 1.54) is 0 Å². The predicted octanol–water partition coefficient (Wildman–Crippen LogP) is 2.00. The zero-order valence-corrected chi connectivity index (χ0v) is 12.2. The molecule has 0 bridgehead atoms. The van der Waals surface area contributed by atoms with Gasteiger partial charge in [0.1, 0.15) is 0 Å². The van der Waals surface area contributed by atoms with Crippen LogP contribution in [0.1, 0.15) is 48.0 Å². The summed E-state index contributed by atoms with van der Waals surface area (Å²) in [5.41, 5.74) is 6.34. The van der Waals surface area contributed by atoms with Crippen LogP contribution in [-0.2, 0) is 4.74 Å². The van der Waals surface area contributed by atoms with Crippen molar-refractivity contribution in [2.75, 3.05) is 13.1 Å². The second-order valence-electron chi connectivity index (χ2n) is 7.48. The molecule has 3 nitrogen and oxygen atoms in total. The fourth-order valence-corrected chi connectivity index (χ4v) is 3.40. The van der Waals surface area contributed by atoms with Crippen molar-refractivity contribution in [1.29, 1.82) is 0 Å². The lowest BCUT2D eigenvalue weighted by atomic mass is 9.77. The van der Waals surface area contributed by atoms with Gasteiger partial charge in [-0.15, -0.1) is 0 Å². The topological polar surface area (TPSA) is 38.5 Å². The molecule has 0 saturated carbocycles. The van der Waals surface area contributed by atoms with Crippen LogP contribution in [0.4, 0.5) is 0 Å². The monoisotopic (exact) mass is 240 g/mol. The molecule has 2 aliphatic heterocycles. The summed E-state index contributed by atoms with van der Waals surface area (Å²) < 4.78 is 6.15. The van der Waals surface area contributed by atoms with E-state index in [1.807, 2.05) is 0 Å². The summed E-state index contributed by atoms with van der Waals surface area (Å²) in [6, 6.07) is 0.507. The van der Waals surface area contributed by atoms with Crippen LogP contribution >= 0.6 is 0 Å². The summed E-state index contributed by atoms with van der Waals surface area (Å²) in [5.74, 6) is 0.553. The zero-order chi connectivity index (χ0) is 13.1. The van der Waals surface area contributed by atoms with Crippen molar-refractivity contribution in [3.63, 3.8) is 0 Å². The molecule has 2 rings (SSSR count). The quantitative estimate of drug-likeness (QED) is 0.802. The lowest BCUT2D eigenvalue weighted by Gasteiger charge is -2.54. The SMILES string of the molecule is CC(C)C1(N)CN(C2CC(C)(C)OC2(C)C)C1. The Kier molecular flexibility index (Phi) is 2.89. The Balaban J connectivity index is 2.02. The van der Waals surface area contributed by atoms with Gasteiger partial charge in [0, 0.05) is 24.7 Å². The van der Waals surface area contributed by atoms with Gasteiger partial charge in [-0.05, 0) is 40.0 Å². The molecule has 100 valence electrons. The van der Waals surface area contributed by atoms with Crippen LogP contribution in [0.15, 0.2) is 0 Å². The normalized spacial score (nSPS) is 34.9. The van der Waals surface area contributed by atoms with Crippen LogP contribution in [0.25, 0.3) is 0 Å². The van der Waals surface area contributed by atoms with Crippen LogP contribution in [-0.4, -0.2) is 40.8 Å². The minimum Gasteiger partial charge on any atom is -0.368 e. The van der Waals surface area contributed by atoms with Crippen LogP contribution in [0.3, 0.4) is 0 Å². The molecule has 1 unspecified atom stereocenters. The number of nitrogens with zero attached hydrogens (tertiary/aromatic N) is 1. The third-order valence-electron chi connectivity index (χ3n) is 4.61. The number of ether oxygens (including phenoxy) is 1. The highest BCUT2D eigenvalue weighted by molar-refractivity contribution is 5.10. The summed E-state index contributed by atoms with van der Waals surface area (Å²) >= 11 is 0. The van der Waals surface area contributed by atoms with Crippen LogP contribution in [0, 0.1) is 5.92 Å². The molecule has 0 aromatic heterocycles. The first-order chi connectivity index (χ1) is 7.56.